The third kappa shape index (κ3) is 3.86. The quantitative estimate of drug-likeness (QED) is 0.466. The number of aromatic nitrogens is 6. The molecule has 27 heavy (non-hydrogen) atoms. The zero-order valence-corrected chi connectivity index (χ0v) is 16.2. The smallest absolute Gasteiger partial charge is 0.258 e. The molecule has 0 bridgehead atoms. The maximum Gasteiger partial charge on any atom is 0.258 e. The molecular weight excluding hydrogens is 384 g/mol. The van der Waals surface area contributed by atoms with Crippen LogP contribution in [0.4, 0.5) is 0 Å². The van der Waals surface area contributed by atoms with Crippen LogP contribution in [0.2, 0.25) is 5.02 Å². The molecule has 0 amide bonds. The monoisotopic (exact) mass is 398 g/mol. The summed E-state index contributed by atoms with van der Waals surface area (Å²) in [5.74, 6) is 2.33. The highest BCUT2D eigenvalue weighted by Gasteiger charge is 2.14. The molecule has 0 spiro atoms. The number of pyridine rings is 1. The van der Waals surface area contributed by atoms with Gasteiger partial charge in [0.2, 0.25) is 0 Å². The fourth-order valence-electron chi connectivity index (χ4n) is 2.56. The van der Waals surface area contributed by atoms with Crippen molar-refractivity contribution < 1.29 is 4.52 Å². The molecule has 0 N–H and O–H groups in total. The second-order valence-corrected chi connectivity index (χ2v) is 7.24. The van der Waals surface area contributed by atoms with Gasteiger partial charge in [-0.1, -0.05) is 34.6 Å². The second kappa shape index (κ2) is 7.50. The van der Waals surface area contributed by atoms with E-state index in [9.17, 15) is 0 Å². The van der Waals surface area contributed by atoms with Gasteiger partial charge in [0.05, 0.1) is 5.75 Å². The van der Waals surface area contributed by atoms with E-state index in [-0.39, 0.29) is 0 Å². The Morgan fingerprint density at radius 2 is 2.04 bits per heavy atom. The SMILES string of the molecule is Cc1cc(-c2nnc(SCc3noc(-c4cccc(Cl)c4)n3)n2C)ccn1. The molecule has 0 aliphatic rings. The molecule has 3 heterocycles. The van der Waals surface area contributed by atoms with Gasteiger partial charge in [0.15, 0.2) is 16.8 Å². The Morgan fingerprint density at radius 3 is 2.85 bits per heavy atom. The summed E-state index contributed by atoms with van der Waals surface area (Å²) in [5.41, 5.74) is 2.71. The minimum absolute atomic E-state index is 0.444. The van der Waals surface area contributed by atoms with E-state index in [4.69, 9.17) is 16.1 Å². The molecular formula is C18H15ClN6OS. The molecule has 4 rings (SSSR count). The zero-order chi connectivity index (χ0) is 18.8. The Balaban J connectivity index is 1.48. The van der Waals surface area contributed by atoms with Crippen molar-refractivity contribution in [3.8, 4) is 22.8 Å². The normalized spacial score (nSPS) is 11.1. The van der Waals surface area contributed by atoms with Gasteiger partial charge in [0, 0.05) is 35.1 Å². The summed E-state index contributed by atoms with van der Waals surface area (Å²) in [6, 6.07) is 11.2. The lowest BCUT2D eigenvalue weighted by Gasteiger charge is -2.03. The third-order valence-corrected chi connectivity index (χ3v) is 5.11. The van der Waals surface area contributed by atoms with E-state index in [1.807, 2.05) is 42.8 Å². The largest absolute Gasteiger partial charge is 0.334 e. The summed E-state index contributed by atoms with van der Waals surface area (Å²) < 4.78 is 7.27. The molecule has 9 heteroatoms. The molecule has 0 saturated heterocycles. The Labute approximate surface area is 164 Å². The number of rotatable bonds is 5. The molecule has 0 aliphatic carbocycles. The minimum atomic E-state index is 0.444. The van der Waals surface area contributed by atoms with Crippen LogP contribution in [-0.4, -0.2) is 29.9 Å². The lowest BCUT2D eigenvalue weighted by molar-refractivity contribution is 0.425. The average molecular weight is 399 g/mol. The fraction of sp³-hybridized carbons (Fsp3) is 0.167. The third-order valence-electron chi connectivity index (χ3n) is 3.86. The Hall–Kier alpha value is -2.71. The van der Waals surface area contributed by atoms with Crippen LogP contribution in [0.5, 0.6) is 0 Å². The van der Waals surface area contributed by atoms with Gasteiger partial charge in [-0.15, -0.1) is 10.2 Å². The van der Waals surface area contributed by atoms with Crippen molar-refractivity contribution in [2.75, 3.05) is 0 Å². The van der Waals surface area contributed by atoms with E-state index in [1.165, 1.54) is 11.8 Å². The number of thioether (sulfide) groups is 1. The Bertz CT molecular complexity index is 1090. The zero-order valence-electron chi connectivity index (χ0n) is 14.6. The van der Waals surface area contributed by atoms with Crippen molar-refractivity contribution in [2.24, 2.45) is 7.05 Å². The molecule has 0 unspecified atom stereocenters. The van der Waals surface area contributed by atoms with Gasteiger partial charge in [0.25, 0.3) is 5.89 Å². The van der Waals surface area contributed by atoms with Crippen LogP contribution >= 0.6 is 23.4 Å². The highest BCUT2D eigenvalue weighted by molar-refractivity contribution is 7.98. The van der Waals surface area contributed by atoms with Crippen LogP contribution in [0.3, 0.4) is 0 Å². The van der Waals surface area contributed by atoms with Crippen LogP contribution in [0.1, 0.15) is 11.5 Å². The van der Waals surface area contributed by atoms with Gasteiger partial charge in [-0.2, -0.15) is 4.98 Å². The van der Waals surface area contributed by atoms with Crippen molar-refractivity contribution in [2.45, 2.75) is 17.8 Å². The number of halogens is 1. The van der Waals surface area contributed by atoms with E-state index in [0.717, 1.165) is 27.8 Å². The second-order valence-electron chi connectivity index (χ2n) is 5.87. The number of nitrogens with zero attached hydrogens (tertiary/aromatic N) is 6. The molecule has 1 aromatic carbocycles. The van der Waals surface area contributed by atoms with Crippen molar-refractivity contribution in [1.29, 1.82) is 0 Å². The predicted molar refractivity (Wildman–Crippen MR) is 103 cm³/mol. The van der Waals surface area contributed by atoms with Gasteiger partial charge in [-0.25, -0.2) is 0 Å². The molecule has 0 saturated carbocycles. The lowest BCUT2D eigenvalue weighted by atomic mass is 10.2. The van der Waals surface area contributed by atoms with Gasteiger partial charge in [0.1, 0.15) is 0 Å². The number of hydrogen-bond donors (Lipinski definition) is 0. The van der Waals surface area contributed by atoms with Gasteiger partial charge in [-0.05, 0) is 37.3 Å². The van der Waals surface area contributed by atoms with Gasteiger partial charge in [-0.3, -0.25) is 4.98 Å². The van der Waals surface area contributed by atoms with Crippen molar-refractivity contribution in [3.63, 3.8) is 0 Å². The van der Waals surface area contributed by atoms with E-state index < -0.39 is 0 Å². The maximum atomic E-state index is 6.01. The molecule has 3 aromatic heterocycles. The van der Waals surface area contributed by atoms with E-state index in [0.29, 0.717) is 22.5 Å². The molecule has 0 atom stereocenters. The highest BCUT2D eigenvalue weighted by atomic mass is 35.5. The van der Waals surface area contributed by atoms with Crippen molar-refractivity contribution in [3.05, 3.63) is 59.1 Å². The summed E-state index contributed by atoms with van der Waals surface area (Å²) in [6.07, 6.45) is 1.77. The van der Waals surface area contributed by atoms with Crippen LogP contribution in [0.15, 0.2) is 52.3 Å². The predicted octanol–water partition coefficient (Wildman–Crippen LogP) is 4.18. The standard InChI is InChI=1S/C18H15ClN6OS/c1-11-8-12(6-7-20-11)16-22-23-18(25(16)2)27-10-15-21-17(26-24-15)13-4-3-5-14(19)9-13/h3-9H,10H2,1-2H3. The molecule has 0 radical (unpaired) electrons. The first kappa shape index (κ1) is 17.7. The van der Waals surface area contributed by atoms with Crippen LogP contribution in [-0.2, 0) is 12.8 Å². The first-order chi connectivity index (χ1) is 13.1. The van der Waals surface area contributed by atoms with Crippen LogP contribution in [0, 0.1) is 6.92 Å². The minimum Gasteiger partial charge on any atom is -0.334 e. The van der Waals surface area contributed by atoms with Crippen molar-refractivity contribution in [1.82, 2.24) is 29.9 Å². The summed E-state index contributed by atoms with van der Waals surface area (Å²) in [4.78, 5) is 8.63. The molecule has 0 aliphatic heterocycles. The summed E-state index contributed by atoms with van der Waals surface area (Å²) in [5, 5.41) is 14.0. The van der Waals surface area contributed by atoms with E-state index in [1.54, 1.807) is 18.3 Å². The summed E-state index contributed by atoms with van der Waals surface area (Å²) in [6.45, 7) is 1.95. The molecule has 136 valence electrons. The Morgan fingerprint density at radius 1 is 1.15 bits per heavy atom. The lowest BCUT2D eigenvalue weighted by Crippen LogP contribution is -1.96. The number of aryl methyl sites for hydroxylation is 1. The first-order valence-corrected chi connectivity index (χ1v) is 9.50. The van der Waals surface area contributed by atoms with E-state index in [2.05, 4.69) is 25.3 Å². The topological polar surface area (TPSA) is 82.5 Å². The maximum absolute atomic E-state index is 6.01. The Kier molecular flexibility index (Phi) is 4.91. The molecule has 0 fully saturated rings. The fourth-order valence-corrected chi connectivity index (χ4v) is 3.50. The van der Waals surface area contributed by atoms with Gasteiger partial charge < -0.3 is 9.09 Å². The number of benzene rings is 1. The first-order valence-electron chi connectivity index (χ1n) is 8.14. The molecule has 7 nitrogen and oxygen atoms in total. The highest BCUT2D eigenvalue weighted by Crippen LogP contribution is 2.26. The average Bonchev–Trinajstić information content (AvgIpc) is 3.27. The molecule has 4 aromatic rings. The summed E-state index contributed by atoms with van der Waals surface area (Å²) >= 11 is 7.50. The van der Waals surface area contributed by atoms with Crippen LogP contribution in [0.25, 0.3) is 22.8 Å². The summed E-state index contributed by atoms with van der Waals surface area (Å²) in [7, 11) is 1.93. The van der Waals surface area contributed by atoms with Crippen LogP contribution < -0.4 is 0 Å². The van der Waals surface area contributed by atoms with Gasteiger partial charge >= 0.3 is 0 Å². The van der Waals surface area contributed by atoms with E-state index >= 15 is 0 Å². The van der Waals surface area contributed by atoms with Crippen molar-refractivity contribution >= 4 is 23.4 Å². The number of hydrogen-bond acceptors (Lipinski definition) is 7.